The summed E-state index contributed by atoms with van der Waals surface area (Å²) in [7, 11) is 0. The Labute approximate surface area is 97.5 Å². The average molecular weight is 223 g/mol. The van der Waals surface area contributed by atoms with Crippen molar-refractivity contribution in [3.05, 3.63) is 17.6 Å². The first-order chi connectivity index (χ1) is 7.69. The summed E-state index contributed by atoms with van der Waals surface area (Å²) in [4.78, 5) is 8.44. The van der Waals surface area contributed by atoms with Gasteiger partial charge in [-0.2, -0.15) is 0 Å². The van der Waals surface area contributed by atoms with E-state index in [1.807, 2.05) is 13.8 Å². The summed E-state index contributed by atoms with van der Waals surface area (Å²) >= 11 is 0. The number of hydrogen-bond acceptors (Lipinski definition) is 4. The molecule has 1 atom stereocenters. The molecular weight excluding hydrogens is 202 g/mol. The van der Waals surface area contributed by atoms with Crippen LogP contribution >= 0.6 is 0 Å². The summed E-state index contributed by atoms with van der Waals surface area (Å²) in [5.74, 6) is 0.705. The van der Waals surface area contributed by atoms with Gasteiger partial charge in [-0.3, -0.25) is 0 Å². The van der Waals surface area contributed by atoms with Crippen LogP contribution in [0.4, 0.5) is 0 Å². The second-order valence-corrected chi connectivity index (χ2v) is 3.85. The third-order valence-electron chi connectivity index (χ3n) is 2.48. The van der Waals surface area contributed by atoms with Gasteiger partial charge in [-0.15, -0.1) is 0 Å². The lowest BCUT2D eigenvalue weighted by molar-refractivity contribution is 0.322. The smallest absolute Gasteiger partial charge is 0.219 e. The molecule has 90 valence electrons. The van der Waals surface area contributed by atoms with E-state index in [1.165, 1.54) is 0 Å². The van der Waals surface area contributed by atoms with Crippen molar-refractivity contribution < 1.29 is 4.74 Å². The van der Waals surface area contributed by atoms with Crippen LogP contribution in [0.2, 0.25) is 0 Å². The molecule has 0 bridgehead atoms. The van der Waals surface area contributed by atoms with Gasteiger partial charge >= 0.3 is 0 Å². The molecule has 0 radical (unpaired) electrons. The highest BCUT2D eigenvalue weighted by Crippen LogP contribution is 2.17. The average Bonchev–Trinajstić information content (AvgIpc) is 2.24. The van der Waals surface area contributed by atoms with E-state index in [2.05, 4.69) is 29.1 Å². The minimum atomic E-state index is 0.424. The standard InChI is InChI=1S/C12H21N3O/c1-5-13-9(3)7-11-10(4)12(16-6-2)15-8-14-11/h8-9,13H,5-7H2,1-4H3. The fraction of sp³-hybridized carbons (Fsp3) is 0.667. The van der Waals surface area contributed by atoms with E-state index in [-0.39, 0.29) is 0 Å². The number of aromatic nitrogens is 2. The Morgan fingerprint density at radius 1 is 1.38 bits per heavy atom. The van der Waals surface area contributed by atoms with Crippen molar-refractivity contribution in [1.29, 1.82) is 0 Å². The molecule has 0 aliphatic rings. The van der Waals surface area contributed by atoms with E-state index in [9.17, 15) is 0 Å². The first-order valence-corrected chi connectivity index (χ1v) is 5.85. The van der Waals surface area contributed by atoms with E-state index in [0.717, 1.165) is 24.2 Å². The Bertz CT molecular complexity index is 328. The summed E-state index contributed by atoms with van der Waals surface area (Å²) in [6.07, 6.45) is 2.48. The predicted octanol–water partition coefficient (Wildman–Crippen LogP) is 1.72. The molecule has 0 spiro atoms. The van der Waals surface area contributed by atoms with Crippen molar-refractivity contribution in [2.24, 2.45) is 0 Å². The summed E-state index contributed by atoms with van der Waals surface area (Å²) in [6, 6.07) is 0.424. The Balaban J connectivity index is 2.76. The number of likely N-dealkylation sites (N-methyl/N-ethyl adjacent to an activating group) is 1. The van der Waals surface area contributed by atoms with Crippen molar-refractivity contribution in [3.63, 3.8) is 0 Å². The van der Waals surface area contributed by atoms with Gasteiger partial charge in [0.05, 0.1) is 12.3 Å². The van der Waals surface area contributed by atoms with Gasteiger partial charge in [-0.05, 0) is 27.3 Å². The summed E-state index contributed by atoms with van der Waals surface area (Å²) < 4.78 is 5.45. The van der Waals surface area contributed by atoms with E-state index >= 15 is 0 Å². The lowest BCUT2D eigenvalue weighted by Gasteiger charge is -2.14. The molecule has 1 heterocycles. The second kappa shape index (κ2) is 6.43. The maximum Gasteiger partial charge on any atom is 0.219 e. The lowest BCUT2D eigenvalue weighted by atomic mass is 10.1. The van der Waals surface area contributed by atoms with Crippen molar-refractivity contribution in [2.45, 2.75) is 40.2 Å². The zero-order valence-electron chi connectivity index (χ0n) is 10.6. The zero-order chi connectivity index (χ0) is 12.0. The van der Waals surface area contributed by atoms with Crippen molar-refractivity contribution >= 4 is 0 Å². The van der Waals surface area contributed by atoms with E-state index in [1.54, 1.807) is 6.33 Å². The molecule has 16 heavy (non-hydrogen) atoms. The monoisotopic (exact) mass is 223 g/mol. The maximum absolute atomic E-state index is 5.45. The number of ether oxygens (including phenoxy) is 1. The molecule has 0 aromatic carbocycles. The highest BCUT2D eigenvalue weighted by atomic mass is 16.5. The summed E-state index contributed by atoms with van der Waals surface area (Å²) in [5, 5.41) is 3.37. The number of nitrogens with one attached hydrogen (secondary N) is 1. The first kappa shape index (κ1) is 12.9. The topological polar surface area (TPSA) is 47.0 Å². The Morgan fingerprint density at radius 3 is 2.75 bits per heavy atom. The molecule has 1 rings (SSSR count). The highest BCUT2D eigenvalue weighted by molar-refractivity contribution is 5.28. The van der Waals surface area contributed by atoms with Crippen LogP contribution in [0.15, 0.2) is 6.33 Å². The minimum absolute atomic E-state index is 0.424. The van der Waals surface area contributed by atoms with Crippen LogP contribution in [-0.4, -0.2) is 29.2 Å². The van der Waals surface area contributed by atoms with E-state index in [4.69, 9.17) is 4.74 Å². The maximum atomic E-state index is 5.45. The number of rotatable bonds is 6. The molecule has 1 N–H and O–H groups in total. The molecule has 0 aliphatic carbocycles. The molecule has 0 saturated heterocycles. The third-order valence-corrected chi connectivity index (χ3v) is 2.48. The third kappa shape index (κ3) is 3.45. The fourth-order valence-electron chi connectivity index (χ4n) is 1.67. The molecular formula is C12H21N3O. The largest absolute Gasteiger partial charge is 0.478 e. The van der Waals surface area contributed by atoms with Crippen LogP contribution in [-0.2, 0) is 6.42 Å². The van der Waals surface area contributed by atoms with Gasteiger partial charge in [-0.1, -0.05) is 6.92 Å². The Kier molecular flexibility index (Phi) is 5.19. The highest BCUT2D eigenvalue weighted by Gasteiger charge is 2.10. The number of hydrogen-bond donors (Lipinski definition) is 1. The van der Waals surface area contributed by atoms with Gasteiger partial charge in [0.2, 0.25) is 5.88 Å². The van der Waals surface area contributed by atoms with Crippen LogP contribution in [0, 0.1) is 6.92 Å². The van der Waals surface area contributed by atoms with Crippen molar-refractivity contribution in [2.75, 3.05) is 13.2 Å². The van der Waals surface area contributed by atoms with Gasteiger partial charge in [0.1, 0.15) is 6.33 Å². The SMILES string of the molecule is CCNC(C)Cc1ncnc(OCC)c1C. The molecule has 1 aromatic rings. The van der Waals surface area contributed by atoms with Crippen LogP contribution in [0.3, 0.4) is 0 Å². The number of nitrogens with zero attached hydrogens (tertiary/aromatic N) is 2. The summed E-state index contributed by atoms with van der Waals surface area (Å²) in [5.41, 5.74) is 2.11. The quantitative estimate of drug-likeness (QED) is 0.797. The lowest BCUT2D eigenvalue weighted by Crippen LogP contribution is -2.28. The zero-order valence-corrected chi connectivity index (χ0v) is 10.6. The molecule has 4 heteroatoms. The van der Waals surface area contributed by atoms with Gasteiger partial charge in [-0.25, -0.2) is 9.97 Å². The van der Waals surface area contributed by atoms with Gasteiger partial charge in [0, 0.05) is 18.0 Å². The first-order valence-electron chi connectivity index (χ1n) is 5.85. The molecule has 1 unspecified atom stereocenters. The molecule has 0 aliphatic heterocycles. The van der Waals surface area contributed by atoms with Crippen LogP contribution < -0.4 is 10.1 Å². The molecule has 0 amide bonds. The van der Waals surface area contributed by atoms with Crippen molar-refractivity contribution in [1.82, 2.24) is 15.3 Å². The van der Waals surface area contributed by atoms with Crippen LogP contribution in [0.1, 0.15) is 32.0 Å². The minimum Gasteiger partial charge on any atom is -0.478 e. The van der Waals surface area contributed by atoms with E-state index in [0.29, 0.717) is 18.5 Å². The Morgan fingerprint density at radius 2 is 2.12 bits per heavy atom. The van der Waals surface area contributed by atoms with Crippen molar-refractivity contribution in [3.8, 4) is 5.88 Å². The molecule has 1 aromatic heterocycles. The predicted molar refractivity (Wildman–Crippen MR) is 64.8 cm³/mol. The molecule has 0 saturated carbocycles. The van der Waals surface area contributed by atoms with Gasteiger partial charge in [0.25, 0.3) is 0 Å². The fourth-order valence-corrected chi connectivity index (χ4v) is 1.67. The molecule has 0 fully saturated rings. The van der Waals surface area contributed by atoms with Gasteiger partial charge < -0.3 is 10.1 Å². The molecule has 4 nitrogen and oxygen atoms in total. The van der Waals surface area contributed by atoms with Crippen LogP contribution in [0.5, 0.6) is 5.88 Å². The second-order valence-electron chi connectivity index (χ2n) is 3.85. The van der Waals surface area contributed by atoms with Gasteiger partial charge in [0.15, 0.2) is 0 Å². The van der Waals surface area contributed by atoms with Crippen LogP contribution in [0.25, 0.3) is 0 Å². The summed E-state index contributed by atoms with van der Waals surface area (Å²) in [6.45, 7) is 9.85. The van der Waals surface area contributed by atoms with E-state index < -0.39 is 0 Å². The Hall–Kier alpha value is -1.16. The normalized spacial score (nSPS) is 12.5.